The first-order valence-corrected chi connectivity index (χ1v) is 18.6. The minimum absolute atomic E-state index is 0.204. The number of benzene rings is 5. The molecule has 0 amide bonds. The Morgan fingerprint density at radius 1 is 0.600 bits per heavy atom. The fourth-order valence-corrected chi connectivity index (χ4v) is 15.9. The minimum atomic E-state index is -4.04. The zero-order valence-electron chi connectivity index (χ0n) is 22.0. The van der Waals surface area contributed by atoms with Crippen molar-refractivity contribution in [3.05, 3.63) is 151 Å². The standard InChI is InChI=1S/C16H13N3O2.3C6H5.Sn/c1-11(13-9-5-6-10-14(13)20)17-16-19-18-15(21-16)12-7-3-2-4-8-12;3*1-2-4-6-5-3-1;/h2-10,20H,1H3;3*1-5H;/q;;;;+1/p-1/b17-11+;;;;. The Hall–Kier alpha value is -4.49. The fraction of sp³-hybridized carbons (Fsp3) is 0.0294. The summed E-state index contributed by atoms with van der Waals surface area (Å²) in [5.41, 5.74) is 2.46. The summed E-state index contributed by atoms with van der Waals surface area (Å²) in [5.74, 6) is 1.21. The molecule has 6 rings (SSSR count). The molecule has 5 nitrogen and oxygen atoms in total. The summed E-state index contributed by atoms with van der Waals surface area (Å²) in [4.78, 5) is 4.70. The summed E-state index contributed by atoms with van der Waals surface area (Å²) in [5, 5.41) is 8.36. The van der Waals surface area contributed by atoms with E-state index in [2.05, 4.69) is 101 Å². The van der Waals surface area contributed by atoms with E-state index in [1.807, 2.05) is 61.5 Å². The zero-order chi connectivity index (χ0) is 27.2. The summed E-state index contributed by atoms with van der Waals surface area (Å²) in [7, 11) is 0. The topological polar surface area (TPSA) is 60.5 Å². The molecule has 1 aromatic heterocycles. The van der Waals surface area contributed by atoms with Gasteiger partial charge < -0.3 is 0 Å². The van der Waals surface area contributed by atoms with E-state index < -0.39 is 18.8 Å². The van der Waals surface area contributed by atoms with Crippen molar-refractivity contribution in [3.8, 4) is 17.2 Å². The van der Waals surface area contributed by atoms with E-state index in [1.165, 1.54) is 10.7 Å². The molecule has 0 atom stereocenters. The molecule has 1 heterocycles. The van der Waals surface area contributed by atoms with Gasteiger partial charge >= 0.3 is 239 Å². The summed E-state index contributed by atoms with van der Waals surface area (Å²) < 4.78 is 16.9. The second-order valence-corrected chi connectivity index (χ2v) is 18.7. The molecule has 0 bridgehead atoms. The molecule has 6 heteroatoms. The van der Waals surface area contributed by atoms with E-state index in [0.29, 0.717) is 5.89 Å². The quantitative estimate of drug-likeness (QED) is 0.155. The monoisotopic (exact) mass is 629 g/mol. The third-order valence-electron chi connectivity index (χ3n) is 6.78. The number of hydrogen-bond donors (Lipinski definition) is 0. The van der Waals surface area contributed by atoms with Gasteiger partial charge in [-0.15, -0.1) is 0 Å². The van der Waals surface area contributed by atoms with Crippen molar-refractivity contribution in [2.24, 2.45) is 4.99 Å². The molecular weight excluding hydrogens is 601 g/mol. The molecule has 0 N–H and O–H groups in total. The normalized spacial score (nSPS) is 11.8. The summed E-state index contributed by atoms with van der Waals surface area (Å²) >= 11 is -4.04. The van der Waals surface area contributed by atoms with Crippen LogP contribution >= 0.6 is 0 Å². The predicted molar refractivity (Wildman–Crippen MR) is 163 cm³/mol. The van der Waals surface area contributed by atoms with Crippen LogP contribution in [0.25, 0.3) is 11.5 Å². The molecule has 194 valence electrons. The third-order valence-corrected chi connectivity index (χ3v) is 18.1. The number of nitrogens with zero attached hydrogens (tertiary/aromatic N) is 3. The van der Waals surface area contributed by atoms with Gasteiger partial charge in [-0.3, -0.25) is 0 Å². The molecule has 0 saturated carbocycles. The zero-order valence-corrected chi connectivity index (χ0v) is 24.9. The molecule has 0 unspecified atom stereocenters. The molecule has 5 aromatic carbocycles. The molecule has 0 aliphatic carbocycles. The van der Waals surface area contributed by atoms with Crippen molar-refractivity contribution >= 4 is 41.3 Å². The van der Waals surface area contributed by atoms with Gasteiger partial charge in [-0.25, -0.2) is 0 Å². The van der Waals surface area contributed by atoms with Crippen molar-refractivity contribution in [2.75, 3.05) is 0 Å². The summed E-state index contributed by atoms with van der Waals surface area (Å²) in [6, 6.07) is 49.8. The van der Waals surface area contributed by atoms with E-state index in [1.54, 1.807) is 0 Å². The van der Waals surface area contributed by atoms with Crippen LogP contribution in [0.3, 0.4) is 0 Å². The van der Waals surface area contributed by atoms with Gasteiger partial charge in [0, 0.05) is 0 Å². The van der Waals surface area contributed by atoms with E-state index in [0.717, 1.165) is 22.6 Å². The fourth-order valence-electron chi connectivity index (χ4n) is 4.88. The van der Waals surface area contributed by atoms with Gasteiger partial charge in [0.25, 0.3) is 0 Å². The Morgan fingerprint density at radius 3 is 1.62 bits per heavy atom. The first-order valence-electron chi connectivity index (χ1n) is 13.1. The number of rotatable bonds is 8. The Bertz CT molecular complexity index is 1620. The van der Waals surface area contributed by atoms with Gasteiger partial charge in [0.15, 0.2) is 0 Å². The van der Waals surface area contributed by atoms with Crippen molar-refractivity contribution in [1.82, 2.24) is 10.2 Å². The molecule has 0 fully saturated rings. The van der Waals surface area contributed by atoms with E-state index in [-0.39, 0.29) is 6.01 Å². The first kappa shape index (κ1) is 25.8. The van der Waals surface area contributed by atoms with Crippen LogP contribution < -0.4 is 13.8 Å². The Balaban J connectivity index is 1.46. The van der Waals surface area contributed by atoms with Crippen LogP contribution in [0.2, 0.25) is 0 Å². The molecule has 0 spiro atoms. The van der Waals surface area contributed by atoms with E-state index >= 15 is 0 Å². The van der Waals surface area contributed by atoms with E-state index in [9.17, 15) is 0 Å². The Morgan fingerprint density at radius 2 is 1.07 bits per heavy atom. The Labute approximate surface area is 238 Å². The van der Waals surface area contributed by atoms with E-state index in [4.69, 9.17) is 12.5 Å². The van der Waals surface area contributed by atoms with Crippen molar-refractivity contribution in [3.63, 3.8) is 0 Å². The maximum absolute atomic E-state index is 7.39. The van der Waals surface area contributed by atoms with Gasteiger partial charge in [0.05, 0.1) is 0 Å². The molecule has 0 aliphatic heterocycles. The molecule has 6 aromatic rings. The van der Waals surface area contributed by atoms with Crippen LogP contribution in [0.1, 0.15) is 12.5 Å². The molecule has 0 aliphatic rings. The molecular formula is C34H27N3O2Sn. The number of aromatic nitrogens is 2. The van der Waals surface area contributed by atoms with Crippen LogP contribution in [-0.4, -0.2) is 34.7 Å². The van der Waals surface area contributed by atoms with Crippen LogP contribution in [0.4, 0.5) is 6.01 Å². The van der Waals surface area contributed by atoms with Gasteiger partial charge in [0.2, 0.25) is 0 Å². The second kappa shape index (κ2) is 11.7. The average Bonchev–Trinajstić information content (AvgIpc) is 3.50. The summed E-state index contributed by atoms with van der Waals surface area (Å²) in [6.45, 7) is 1.94. The van der Waals surface area contributed by atoms with Crippen molar-refractivity contribution < 1.29 is 7.49 Å². The maximum atomic E-state index is 7.39. The predicted octanol–water partition coefficient (Wildman–Crippen LogP) is 5.92. The van der Waals surface area contributed by atoms with Crippen LogP contribution in [0.5, 0.6) is 5.75 Å². The number of para-hydroxylation sites is 1. The van der Waals surface area contributed by atoms with Gasteiger partial charge in [0.1, 0.15) is 0 Å². The van der Waals surface area contributed by atoms with Crippen LogP contribution in [0.15, 0.2) is 155 Å². The number of aliphatic imine (C=N–C) groups is 1. The van der Waals surface area contributed by atoms with Gasteiger partial charge in [-0.2, -0.15) is 0 Å². The SMILES string of the molecule is C/C(=N\c1nnc(-c2ccccc2)o1)c1ccccc1[O][Sn]([c]1ccccc1)([c]1ccccc1)[c]1ccccc1. The average molecular weight is 628 g/mol. The molecule has 40 heavy (non-hydrogen) atoms. The number of hydrogen-bond acceptors (Lipinski definition) is 5. The third kappa shape index (κ3) is 5.20. The van der Waals surface area contributed by atoms with Crippen LogP contribution in [-0.2, 0) is 0 Å². The Kier molecular flexibility index (Phi) is 7.55. The molecule has 0 radical (unpaired) electrons. The van der Waals surface area contributed by atoms with Crippen molar-refractivity contribution in [2.45, 2.75) is 6.92 Å². The second-order valence-electron chi connectivity index (χ2n) is 9.33. The van der Waals surface area contributed by atoms with Gasteiger partial charge in [-0.1, -0.05) is 0 Å². The first-order chi connectivity index (χ1) is 19.7. The summed E-state index contributed by atoms with van der Waals surface area (Å²) in [6.07, 6.45) is 0. The molecule has 0 saturated heterocycles. The van der Waals surface area contributed by atoms with Crippen molar-refractivity contribution in [1.29, 1.82) is 0 Å². The van der Waals surface area contributed by atoms with Crippen LogP contribution in [0, 0.1) is 0 Å². The van der Waals surface area contributed by atoms with Gasteiger partial charge in [-0.05, 0) is 0 Å².